The molecule has 1 aromatic heterocycles. The molecule has 2 rings (SSSR count). The predicted molar refractivity (Wildman–Crippen MR) is 79.9 cm³/mol. The number of nitrogens with one attached hydrogen (secondary N) is 1. The van der Waals surface area contributed by atoms with Crippen molar-refractivity contribution in [2.45, 2.75) is 13.3 Å². The first-order chi connectivity index (χ1) is 9.52. The Balaban J connectivity index is 2.13. The Labute approximate surface area is 123 Å². The standard InChI is InChI=1S/C13H18N4O2S/c1-9-10(8-16(2)15-9)7-11-12(18)17(13(20)14-11)5-4-6-19-3/h7-8H,4-6H2,1-3H3,(H,14,20)/b11-7-. The average molecular weight is 294 g/mol. The van der Waals surface area contributed by atoms with Gasteiger partial charge in [0.25, 0.3) is 5.91 Å². The van der Waals surface area contributed by atoms with Crippen LogP contribution in [0.5, 0.6) is 0 Å². The molecule has 0 bridgehead atoms. The van der Waals surface area contributed by atoms with Gasteiger partial charge in [-0.3, -0.25) is 14.4 Å². The fourth-order valence-corrected chi connectivity index (χ4v) is 2.34. The SMILES string of the molecule is COCCCN1C(=O)/C(=C/c2cn(C)nc2C)NC1=S. The lowest BCUT2D eigenvalue weighted by atomic mass is 10.2. The van der Waals surface area contributed by atoms with Crippen LogP contribution in [0.15, 0.2) is 11.9 Å². The van der Waals surface area contributed by atoms with Crippen LogP contribution in [0.3, 0.4) is 0 Å². The lowest BCUT2D eigenvalue weighted by molar-refractivity contribution is -0.122. The second-order valence-electron chi connectivity index (χ2n) is 4.63. The van der Waals surface area contributed by atoms with Crippen molar-refractivity contribution in [3.63, 3.8) is 0 Å². The smallest absolute Gasteiger partial charge is 0.276 e. The minimum Gasteiger partial charge on any atom is -0.385 e. The Bertz CT molecular complexity index is 565. The van der Waals surface area contributed by atoms with Gasteiger partial charge >= 0.3 is 0 Å². The Hall–Kier alpha value is -1.73. The van der Waals surface area contributed by atoms with Crippen LogP contribution in [0.4, 0.5) is 0 Å². The molecule has 1 aromatic rings. The molecule has 7 heteroatoms. The van der Waals surface area contributed by atoms with Crippen molar-refractivity contribution in [1.82, 2.24) is 20.0 Å². The fourth-order valence-electron chi connectivity index (χ4n) is 2.06. The summed E-state index contributed by atoms with van der Waals surface area (Å²) in [7, 11) is 3.49. The van der Waals surface area contributed by atoms with Crippen molar-refractivity contribution in [3.8, 4) is 0 Å². The van der Waals surface area contributed by atoms with Crippen molar-refractivity contribution in [1.29, 1.82) is 0 Å². The third-order valence-corrected chi connectivity index (χ3v) is 3.37. The van der Waals surface area contributed by atoms with Crippen molar-refractivity contribution < 1.29 is 9.53 Å². The number of thiocarbonyl (C=S) groups is 1. The number of carbonyl (C=O) groups is 1. The number of methoxy groups -OCH3 is 1. The molecule has 0 saturated carbocycles. The lowest BCUT2D eigenvalue weighted by Gasteiger charge is -2.12. The molecule has 0 aromatic carbocycles. The molecule has 0 unspecified atom stereocenters. The molecule has 0 spiro atoms. The molecule has 1 fully saturated rings. The molecular formula is C13H18N4O2S. The van der Waals surface area contributed by atoms with Crippen LogP contribution in [-0.4, -0.2) is 46.0 Å². The number of aromatic nitrogens is 2. The average Bonchev–Trinajstić information content (AvgIpc) is 2.83. The Morgan fingerprint density at radius 2 is 2.30 bits per heavy atom. The summed E-state index contributed by atoms with van der Waals surface area (Å²) in [6, 6.07) is 0. The maximum atomic E-state index is 12.3. The van der Waals surface area contributed by atoms with Crippen LogP contribution >= 0.6 is 12.2 Å². The summed E-state index contributed by atoms with van der Waals surface area (Å²) < 4.78 is 6.70. The largest absolute Gasteiger partial charge is 0.385 e. The minimum atomic E-state index is -0.102. The van der Waals surface area contributed by atoms with Crippen molar-refractivity contribution in [3.05, 3.63) is 23.2 Å². The summed E-state index contributed by atoms with van der Waals surface area (Å²) >= 11 is 5.19. The molecular weight excluding hydrogens is 276 g/mol. The number of ether oxygens (including phenoxy) is 1. The summed E-state index contributed by atoms with van der Waals surface area (Å²) in [5, 5.41) is 7.65. The normalized spacial score (nSPS) is 17.1. The van der Waals surface area contributed by atoms with Gasteiger partial charge in [0.2, 0.25) is 0 Å². The molecule has 20 heavy (non-hydrogen) atoms. The van der Waals surface area contributed by atoms with E-state index in [1.165, 1.54) is 0 Å². The van der Waals surface area contributed by atoms with Crippen molar-refractivity contribution >= 4 is 29.3 Å². The number of hydrogen-bond acceptors (Lipinski definition) is 4. The number of hydrogen-bond donors (Lipinski definition) is 1. The van der Waals surface area contributed by atoms with E-state index in [2.05, 4.69) is 10.4 Å². The van der Waals surface area contributed by atoms with E-state index in [-0.39, 0.29) is 5.91 Å². The van der Waals surface area contributed by atoms with E-state index >= 15 is 0 Å². The molecule has 1 N–H and O–H groups in total. The first kappa shape index (κ1) is 14.7. The van der Waals surface area contributed by atoms with Crippen LogP contribution < -0.4 is 5.32 Å². The highest BCUT2D eigenvalue weighted by Crippen LogP contribution is 2.16. The summed E-state index contributed by atoms with van der Waals surface area (Å²) in [6.45, 7) is 3.07. The number of aryl methyl sites for hydroxylation is 2. The van der Waals surface area contributed by atoms with E-state index in [9.17, 15) is 4.79 Å². The van der Waals surface area contributed by atoms with E-state index in [1.54, 1.807) is 22.8 Å². The van der Waals surface area contributed by atoms with Crippen molar-refractivity contribution in [2.75, 3.05) is 20.3 Å². The molecule has 0 radical (unpaired) electrons. The number of rotatable bonds is 5. The second kappa shape index (κ2) is 6.15. The van der Waals surface area contributed by atoms with E-state index in [0.29, 0.717) is 24.0 Å². The molecule has 1 amide bonds. The van der Waals surface area contributed by atoms with Crippen LogP contribution in [0.1, 0.15) is 17.7 Å². The van der Waals surface area contributed by atoms with E-state index in [4.69, 9.17) is 17.0 Å². The zero-order valence-electron chi connectivity index (χ0n) is 11.8. The maximum absolute atomic E-state index is 12.3. The van der Waals surface area contributed by atoms with Gasteiger partial charge in [0.05, 0.1) is 5.69 Å². The minimum absolute atomic E-state index is 0.102. The van der Waals surface area contributed by atoms with Gasteiger partial charge in [-0.2, -0.15) is 5.10 Å². The number of nitrogens with zero attached hydrogens (tertiary/aromatic N) is 3. The van der Waals surface area contributed by atoms with Gasteiger partial charge in [-0.15, -0.1) is 0 Å². The zero-order chi connectivity index (χ0) is 14.7. The predicted octanol–water partition coefficient (Wildman–Crippen LogP) is 0.823. The number of carbonyl (C=O) groups excluding carboxylic acids is 1. The monoisotopic (exact) mass is 294 g/mol. The summed E-state index contributed by atoms with van der Waals surface area (Å²) in [6.07, 6.45) is 4.41. The molecule has 0 aliphatic carbocycles. The second-order valence-corrected chi connectivity index (χ2v) is 5.02. The summed E-state index contributed by atoms with van der Waals surface area (Å²) in [5.74, 6) is -0.102. The Morgan fingerprint density at radius 3 is 2.90 bits per heavy atom. The third-order valence-electron chi connectivity index (χ3n) is 3.04. The maximum Gasteiger partial charge on any atom is 0.276 e. The molecule has 1 aliphatic heterocycles. The van der Waals surface area contributed by atoms with Crippen molar-refractivity contribution in [2.24, 2.45) is 7.05 Å². The van der Waals surface area contributed by atoms with Crippen LogP contribution in [-0.2, 0) is 16.6 Å². The topological polar surface area (TPSA) is 59.4 Å². The van der Waals surface area contributed by atoms with Crippen LogP contribution in [0, 0.1) is 6.92 Å². The quantitative estimate of drug-likeness (QED) is 0.495. The third kappa shape index (κ3) is 3.05. The molecule has 0 atom stereocenters. The summed E-state index contributed by atoms with van der Waals surface area (Å²) in [5.41, 5.74) is 2.27. The van der Waals surface area contributed by atoms with Gasteiger partial charge < -0.3 is 10.1 Å². The Morgan fingerprint density at radius 1 is 1.55 bits per heavy atom. The highest BCUT2D eigenvalue weighted by molar-refractivity contribution is 7.80. The van der Waals surface area contributed by atoms with Crippen LogP contribution in [0.2, 0.25) is 0 Å². The van der Waals surface area contributed by atoms with Gasteiger partial charge in [-0.1, -0.05) is 0 Å². The first-order valence-corrected chi connectivity index (χ1v) is 6.77. The molecule has 1 aliphatic rings. The highest BCUT2D eigenvalue weighted by atomic mass is 32.1. The fraction of sp³-hybridized carbons (Fsp3) is 0.462. The summed E-state index contributed by atoms with van der Waals surface area (Å²) in [4.78, 5) is 13.8. The zero-order valence-corrected chi connectivity index (χ0v) is 12.7. The first-order valence-electron chi connectivity index (χ1n) is 6.36. The lowest BCUT2D eigenvalue weighted by Crippen LogP contribution is -2.32. The molecule has 1 saturated heterocycles. The van der Waals surface area contributed by atoms with E-state index in [1.807, 2.05) is 20.2 Å². The highest BCUT2D eigenvalue weighted by Gasteiger charge is 2.30. The Kier molecular flexibility index (Phi) is 4.51. The van der Waals surface area contributed by atoms with E-state index in [0.717, 1.165) is 17.7 Å². The van der Waals surface area contributed by atoms with Gasteiger partial charge in [-0.05, 0) is 31.6 Å². The van der Waals surface area contributed by atoms with Gasteiger partial charge in [0, 0.05) is 39.1 Å². The number of amides is 1. The van der Waals surface area contributed by atoms with E-state index < -0.39 is 0 Å². The van der Waals surface area contributed by atoms with Gasteiger partial charge in [-0.25, -0.2) is 0 Å². The molecule has 2 heterocycles. The van der Waals surface area contributed by atoms with Crippen LogP contribution in [0.25, 0.3) is 6.08 Å². The van der Waals surface area contributed by atoms with Gasteiger partial charge in [0.1, 0.15) is 5.70 Å². The molecule has 6 nitrogen and oxygen atoms in total. The van der Waals surface area contributed by atoms with Gasteiger partial charge in [0.15, 0.2) is 5.11 Å². The molecule has 108 valence electrons.